The van der Waals surface area contributed by atoms with Gasteiger partial charge >= 0.3 is 0 Å². The highest BCUT2D eigenvalue weighted by molar-refractivity contribution is 7.92. The second-order valence-electron chi connectivity index (χ2n) is 5.56. The van der Waals surface area contributed by atoms with Gasteiger partial charge in [-0.1, -0.05) is 17.7 Å². The summed E-state index contributed by atoms with van der Waals surface area (Å²) >= 11 is 6.07. The van der Waals surface area contributed by atoms with E-state index in [1.807, 2.05) is 6.92 Å². The number of ether oxygens (including phenoxy) is 1. The van der Waals surface area contributed by atoms with Crippen LogP contribution in [0.1, 0.15) is 5.56 Å². The molecule has 0 fully saturated rings. The summed E-state index contributed by atoms with van der Waals surface area (Å²) < 4.78 is 35.0. The molecule has 26 heavy (non-hydrogen) atoms. The average molecular weight is 394 g/mol. The van der Waals surface area contributed by atoms with E-state index >= 15 is 0 Å². The van der Waals surface area contributed by atoms with Crippen molar-refractivity contribution >= 4 is 27.3 Å². The molecule has 136 valence electrons. The minimum atomic E-state index is -3.92. The quantitative estimate of drug-likeness (QED) is 0.715. The van der Waals surface area contributed by atoms with Crippen molar-refractivity contribution < 1.29 is 13.2 Å². The lowest BCUT2D eigenvalue weighted by Gasteiger charge is -2.13. The normalized spacial score (nSPS) is 11.4. The summed E-state index contributed by atoms with van der Waals surface area (Å²) in [7, 11) is -0.853. The molecule has 0 radical (unpaired) electrons. The Labute approximate surface area is 155 Å². The van der Waals surface area contributed by atoms with E-state index < -0.39 is 10.0 Å². The SMILES string of the molecule is COc1ccc(-c2nnnn2C)cc1S(=O)(=O)Nc1ccc(C)c(Cl)c1. The zero-order chi connectivity index (χ0) is 18.9. The fourth-order valence-electron chi connectivity index (χ4n) is 2.37. The summed E-state index contributed by atoms with van der Waals surface area (Å²) in [6.07, 6.45) is 0. The molecule has 8 nitrogen and oxygen atoms in total. The molecule has 1 N–H and O–H groups in total. The van der Waals surface area contributed by atoms with Gasteiger partial charge in [-0.3, -0.25) is 4.72 Å². The van der Waals surface area contributed by atoms with Gasteiger partial charge < -0.3 is 4.74 Å². The van der Waals surface area contributed by atoms with Gasteiger partial charge in [-0.15, -0.1) is 5.10 Å². The molecule has 0 amide bonds. The fraction of sp³-hybridized carbons (Fsp3) is 0.188. The molecule has 0 bridgehead atoms. The van der Waals surface area contributed by atoms with Crippen LogP contribution in [-0.4, -0.2) is 35.7 Å². The van der Waals surface area contributed by atoms with Crippen LogP contribution < -0.4 is 9.46 Å². The molecular weight excluding hydrogens is 378 g/mol. The van der Waals surface area contributed by atoms with Crippen LogP contribution in [0.2, 0.25) is 5.02 Å². The van der Waals surface area contributed by atoms with Crippen molar-refractivity contribution in [3.63, 3.8) is 0 Å². The van der Waals surface area contributed by atoms with Crippen molar-refractivity contribution in [2.45, 2.75) is 11.8 Å². The number of anilines is 1. The van der Waals surface area contributed by atoms with Crippen molar-refractivity contribution in [1.82, 2.24) is 20.2 Å². The Morgan fingerprint density at radius 3 is 2.58 bits per heavy atom. The van der Waals surface area contributed by atoms with Crippen LogP contribution in [0.4, 0.5) is 5.69 Å². The third-order valence-electron chi connectivity index (χ3n) is 3.76. The van der Waals surface area contributed by atoms with E-state index in [1.54, 1.807) is 37.4 Å². The molecule has 3 rings (SSSR count). The van der Waals surface area contributed by atoms with E-state index in [-0.39, 0.29) is 10.6 Å². The molecule has 3 aromatic rings. The van der Waals surface area contributed by atoms with Crippen LogP contribution >= 0.6 is 11.6 Å². The van der Waals surface area contributed by atoms with Gasteiger partial charge in [0.05, 0.1) is 12.8 Å². The molecule has 0 unspecified atom stereocenters. The van der Waals surface area contributed by atoms with Gasteiger partial charge in [0, 0.05) is 17.6 Å². The zero-order valence-corrected chi connectivity index (χ0v) is 15.8. The number of nitrogens with zero attached hydrogens (tertiary/aromatic N) is 4. The summed E-state index contributed by atoms with van der Waals surface area (Å²) in [5.41, 5.74) is 1.75. The Morgan fingerprint density at radius 1 is 1.19 bits per heavy atom. The third kappa shape index (κ3) is 3.49. The van der Waals surface area contributed by atoms with E-state index in [9.17, 15) is 8.42 Å². The van der Waals surface area contributed by atoms with Gasteiger partial charge in [-0.2, -0.15) is 0 Å². The monoisotopic (exact) mass is 393 g/mol. The lowest BCUT2D eigenvalue weighted by Crippen LogP contribution is -2.14. The van der Waals surface area contributed by atoms with Crippen LogP contribution in [0.25, 0.3) is 11.4 Å². The largest absolute Gasteiger partial charge is 0.495 e. The number of hydrogen-bond acceptors (Lipinski definition) is 6. The van der Waals surface area contributed by atoms with Crippen LogP contribution in [0.5, 0.6) is 5.75 Å². The van der Waals surface area contributed by atoms with Gasteiger partial charge in [-0.25, -0.2) is 13.1 Å². The number of aryl methyl sites for hydroxylation is 2. The maximum atomic E-state index is 12.9. The minimum absolute atomic E-state index is 0.0304. The topological polar surface area (TPSA) is 99.0 Å². The minimum Gasteiger partial charge on any atom is -0.495 e. The molecule has 0 aliphatic rings. The predicted octanol–water partition coefficient (Wildman–Crippen LogP) is 2.65. The summed E-state index contributed by atoms with van der Waals surface area (Å²) in [5, 5.41) is 11.7. The van der Waals surface area contributed by atoms with Gasteiger partial charge in [0.1, 0.15) is 10.6 Å². The first-order valence-corrected chi connectivity index (χ1v) is 9.37. The molecule has 0 saturated heterocycles. The fourth-order valence-corrected chi connectivity index (χ4v) is 3.79. The molecule has 10 heteroatoms. The number of sulfonamides is 1. The van der Waals surface area contributed by atoms with Crippen LogP contribution in [0.15, 0.2) is 41.3 Å². The highest BCUT2D eigenvalue weighted by Gasteiger charge is 2.22. The van der Waals surface area contributed by atoms with Crippen LogP contribution in [-0.2, 0) is 17.1 Å². The number of nitrogens with one attached hydrogen (secondary N) is 1. The van der Waals surface area contributed by atoms with Gasteiger partial charge in [0.15, 0.2) is 5.82 Å². The summed E-state index contributed by atoms with van der Waals surface area (Å²) in [4.78, 5) is -0.0304. The third-order valence-corrected chi connectivity index (χ3v) is 5.57. The number of benzene rings is 2. The molecule has 0 spiro atoms. The maximum absolute atomic E-state index is 12.9. The summed E-state index contributed by atoms with van der Waals surface area (Å²) in [6, 6.07) is 9.63. The van der Waals surface area contributed by atoms with E-state index in [1.165, 1.54) is 17.9 Å². The maximum Gasteiger partial charge on any atom is 0.265 e. The summed E-state index contributed by atoms with van der Waals surface area (Å²) in [5.74, 6) is 0.636. The molecule has 0 aliphatic heterocycles. The van der Waals surface area contributed by atoms with Crippen LogP contribution in [0.3, 0.4) is 0 Å². The molecular formula is C16H16ClN5O3S. The number of methoxy groups -OCH3 is 1. The van der Waals surface area contributed by atoms with Gasteiger partial charge in [0.2, 0.25) is 0 Å². The smallest absolute Gasteiger partial charge is 0.265 e. The standard InChI is InChI=1S/C16H16ClN5O3S/c1-10-4-6-12(9-13(10)17)19-26(23,24)15-8-11(5-7-14(15)25-3)16-18-20-21-22(16)2/h4-9,19H,1-3H3. The molecule has 0 atom stereocenters. The Balaban J connectivity index is 2.05. The Hall–Kier alpha value is -2.65. The summed E-state index contributed by atoms with van der Waals surface area (Å²) in [6.45, 7) is 1.84. The highest BCUT2D eigenvalue weighted by atomic mass is 35.5. The number of rotatable bonds is 5. The average Bonchev–Trinajstić information content (AvgIpc) is 3.03. The molecule has 1 aromatic heterocycles. The lowest BCUT2D eigenvalue weighted by atomic mass is 10.2. The first-order valence-electron chi connectivity index (χ1n) is 7.51. The van der Waals surface area contributed by atoms with Gasteiger partial charge in [0.25, 0.3) is 10.0 Å². The van der Waals surface area contributed by atoms with Crippen molar-refractivity contribution in [3.8, 4) is 17.1 Å². The molecule has 0 aliphatic carbocycles. The zero-order valence-electron chi connectivity index (χ0n) is 14.3. The number of halogens is 1. The Morgan fingerprint density at radius 2 is 1.96 bits per heavy atom. The van der Waals surface area contributed by atoms with Crippen molar-refractivity contribution in [3.05, 3.63) is 47.0 Å². The van der Waals surface area contributed by atoms with E-state index in [0.29, 0.717) is 22.1 Å². The van der Waals surface area contributed by atoms with E-state index in [4.69, 9.17) is 16.3 Å². The predicted molar refractivity (Wildman–Crippen MR) is 97.8 cm³/mol. The lowest BCUT2D eigenvalue weighted by molar-refractivity contribution is 0.403. The molecule has 0 saturated carbocycles. The van der Waals surface area contributed by atoms with Crippen LogP contribution in [0, 0.1) is 6.92 Å². The molecule has 1 heterocycles. The Kier molecular flexibility index (Phi) is 4.84. The highest BCUT2D eigenvalue weighted by Crippen LogP contribution is 2.31. The second kappa shape index (κ2) is 6.93. The van der Waals surface area contributed by atoms with Crippen molar-refractivity contribution in [2.24, 2.45) is 7.05 Å². The second-order valence-corrected chi connectivity index (χ2v) is 7.62. The van der Waals surface area contributed by atoms with Gasteiger partial charge in [-0.05, 0) is 53.2 Å². The number of tetrazole rings is 1. The molecule has 2 aromatic carbocycles. The van der Waals surface area contributed by atoms with E-state index in [0.717, 1.165) is 5.56 Å². The Bertz CT molecular complexity index is 1070. The van der Waals surface area contributed by atoms with E-state index in [2.05, 4.69) is 20.2 Å². The van der Waals surface area contributed by atoms with Crippen molar-refractivity contribution in [1.29, 1.82) is 0 Å². The number of hydrogen-bond donors (Lipinski definition) is 1. The first kappa shape index (κ1) is 18.2. The van der Waals surface area contributed by atoms with Crippen molar-refractivity contribution in [2.75, 3.05) is 11.8 Å². The number of aromatic nitrogens is 4. The first-order chi connectivity index (χ1) is 12.3.